The maximum Gasteiger partial charge on any atom is 0.0158 e. The second-order valence-electron chi connectivity index (χ2n) is 4.33. The van der Waals surface area contributed by atoms with Gasteiger partial charge in [0, 0.05) is 17.0 Å². The fourth-order valence-corrected chi connectivity index (χ4v) is 2.55. The lowest BCUT2D eigenvalue weighted by atomic mass is 10.2. The van der Waals surface area contributed by atoms with Crippen molar-refractivity contribution in [2.75, 3.05) is 12.3 Å². The molecular formula is C12H27NS. The Morgan fingerprint density at radius 1 is 1.14 bits per heavy atom. The van der Waals surface area contributed by atoms with Gasteiger partial charge in [-0.15, -0.1) is 0 Å². The summed E-state index contributed by atoms with van der Waals surface area (Å²) in [5, 5.41) is 4.34. The fourth-order valence-electron chi connectivity index (χ4n) is 1.34. The minimum absolute atomic E-state index is 0.719. The SMILES string of the molecule is CCCC(CSC(C)C(C)C)NCC. The highest BCUT2D eigenvalue weighted by atomic mass is 32.2. The third-order valence-electron chi connectivity index (χ3n) is 2.63. The Balaban J connectivity index is 3.68. The molecular weight excluding hydrogens is 190 g/mol. The summed E-state index contributed by atoms with van der Waals surface area (Å²) in [5.41, 5.74) is 0. The van der Waals surface area contributed by atoms with E-state index in [0.29, 0.717) is 0 Å². The molecule has 0 bridgehead atoms. The molecule has 0 heterocycles. The molecule has 2 unspecified atom stereocenters. The van der Waals surface area contributed by atoms with E-state index in [2.05, 4.69) is 51.7 Å². The van der Waals surface area contributed by atoms with Crippen LogP contribution in [-0.2, 0) is 0 Å². The molecule has 0 radical (unpaired) electrons. The van der Waals surface area contributed by atoms with Crippen LogP contribution in [0, 0.1) is 5.92 Å². The van der Waals surface area contributed by atoms with Gasteiger partial charge in [0.2, 0.25) is 0 Å². The van der Waals surface area contributed by atoms with E-state index in [1.807, 2.05) is 0 Å². The van der Waals surface area contributed by atoms with E-state index in [1.54, 1.807) is 0 Å². The monoisotopic (exact) mass is 217 g/mol. The van der Waals surface area contributed by atoms with Gasteiger partial charge in [0.05, 0.1) is 0 Å². The topological polar surface area (TPSA) is 12.0 Å². The average Bonchev–Trinajstić information content (AvgIpc) is 2.14. The molecule has 1 nitrogen and oxygen atoms in total. The van der Waals surface area contributed by atoms with Crippen molar-refractivity contribution in [1.29, 1.82) is 0 Å². The maximum absolute atomic E-state index is 3.56. The van der Waals surface area contributed by atoms with E-state index in [0.717, 1.165) is 23.8 Å². The third kappa shape index (κ3) is 6.72. The average molecular weight is 217 g/mol. The summed E-state index contributed by atoms with van der Waals surface area (Å²) in [7, 11) is 0. The molecule has 86 valence electrons. The van der Waals surface area contributed by atoms with Gasteiger partial charge in [-0.2, -0.15) is 11.8 Å². The Labute approximate surface area is 94.4 Å². The zero-order valence-corrected chi connectivity index (χ0v) is 11.3. The van der Waals surface area contributed by atoms with Crippen molar-refractivity contribution in [1.82, 2.24) is 5.32 Å². The van der Waals surface area contributed by atoms with Crippen LogP contribution in [0.4, 0.5) is 0 Å². The van der Waals surface area contributed by atoms with Crippen molar-refractivity contribution >= 4 is 11.8 Å². The van der Waals surface area contributed by atoms with Crippen molar-refractivity contribution in [2.24, 2.45) is 5.92 Å². The Hall–Kier alpha value is 0.310. The molecule has 2 heteroatoms. The Morgan fingerprint density at radius 2 is 1.79 bits per heavy atom. The van der Waals surface area contributed by atoms with Crippen LogP contribution in [0.5, 0.6) is 0 Å². The Bertz CT molecular complexity index is 119. The number of nitrogens with one attached hydrogen (secondary N) is 1. The van der Waals surface area contributed by atoms with Gasteiger partial charge in [0.25, 0.3) is 0 Å². The molecule has 0 aromatic heterocycles. The summed E-state index contributed by atoms with van der Waals surface area (Å²) in [4.78, 5) is 0. The number of hydrogen-bond donors (Lipinski definition) is 1. The summed E-state index contributed by atoms with van der Waals surface area (Å²) in [6.07, 6.45) is 2.60. The van der Waals surface area contributed by atoms with E-state index in [1.165, 1.54) is 18.6 Å². The van der Waals surface area contributed by atoms with Crippen LogP contribution < -0.4 is 5.32 Å². The van der Waals surface area contributed by atoms with E-state index >= 15 is 0 Å². The predicted molar refractivity (Wildman–Crippen MR) is 69.1 cm³/mol. The summed E-state index contributed by atoms with van der Waals surface area (Å²) in [6.45, 7) is 12.5. The molecule has 1 N–H and O–H groups in total. The zero-order chi connectivity index (χ0) is 11.0. The molecule has 0 aromatic rings. The lowest BCUT2D eigenvalue weighted by Crippen LogP contribution is -2.31. The van der Waals surface area contributed by atoms with E-state index in [4.69, 9.17) is 0 Å². The minimum Gasteiger partial charge on any atom is -0.313 e. The third-order valence-corrected chi connectivity index (χ3v) is 4.29. The Morgan fingerprint density at radius 3 is 2.21 bits per heavy atom. The van der Waals surface area contributed by atoms with Crippen LogP contribution in [-0.4, -0.2) is 23.6 Å². The predicted octanol–water partition coefficient (Wildman–Crippen LogP) is 3.54. The normalized spacial score (nSPS) is 15.9. The van der Waals surface area contributed by atoms with E-state index in [-0.39, 0.29) is 0 Å². The van der Waals surface area contributed by atoms with Crippen LogP contribution in [0.15, 0.2) is 0 Å². The zero-order valence-electron chi connectivity index (χ0n) is 10.5. The standard InChI is InChI=1S/C12H27NS/c1-6-8-12(13-7-2)9-14-11(5)10(3)4/h10-13H,6-9H2,1-5H3. The van der Waals surface area contributed by atoms with Crippen molar-refractivity contribution in [2.45, 2.75) is 58.8 Å². The largest absolute Gasteiger partial charge is 0.313 e. The minimum atomic E-state index is 0.719. The van der Waals surface area contributed by atoms with Gasteiger partial charge in [0.1, 0.15) is 0 Å². The summed E-state index contributed by atoms with van der Waals surface area (Å²) < 4.78 is 0. The van der Waals surface area contributed by atoms with E-state index < -0.39 is 0 Å². The first-order chi connectivity index (χ1) is 6.61. The highest BCUT2D eigenvalue weighted by Crippen LogP contribution is 2.20. The van der Waals surface area contributed by atoms with Crippen LogP contribution in [0.1, 0.15) is 47.5 Å². The van der Waals surface area contributed by atoms with E-state index in [9.17, 15) is 0 Å². The van der Waals surface area contributed by atoms with Gasteiger partial charge in [0.15, 0.2) is 0 Å². The molecule has 14 heavy (non-hydrogen) atoms. The molecule has 0 spiro atoms. The highest BCUT2D eigenvalue weighted by Gasteiger charge is 2.11. The summed E-state index contributed by atoms with van der Waals surface area (Å²) in [5.74, 6) is 2.06. The molecule has 0 amide bonds. The van der Waals surface area contributed by atoms with Crippen molar-refractivity contribution in [3.63, 3.8) is 0 Å². The molecule has 0 saturated carbocycles. The van der Waals surface area contributed by atoms with Crippen LogP contribution in [0.25, 0.3) is 0 Å². The molecule has 2 atom stereocenters. The van der Waals surface area contributed by atoms with Gasteiger partial charge >= 0.3 is 0 Å². The molecule has 0 aromatic carbocycles. The van der Waals surface area contributed by atoms with Crippen LogP contribution >= 0.6 is 11.8 Å². The van der Waals surface area contributed by atoms with Crippen molar-refractivity contribution in [3.05, 3.63) is 0 Å². The van der Waals surface area contributed by atoms with Gasteiger partial charge in [-0.3, -0.25) is 0 Å². The summed E-state index contributed by atoms with van der Waals surface area (Å²) in [6, 6.07) is 0.719. The molecule has 0 aliphatic rings. The van der Waals surface area contributed by atoms with Gasteiger partial charge in [-0.1, -0.05) is 41.0 Å². The van der Waals surface area contributed by atoms with Crippen molar-refractivity contribution in [3.8, 4) is 0 Å². The summed E-state index contributed by atoms with van der Waals surface area (Å²) >= 11 is 2.11. The van der Waals surface area contributed by atoms with Gasteiger partial charge < -0.3 is 5.32 Å². The molecule has 0 fully saturated rings. The highest BCUT2D eigenvalue weighted by molar-refractivity contribution is 7.99. The first-order valence-corrected chi connectivity index (χ1v) is 7.01. The first kappa shape index (κ1) is 14.3. The lowest BCUT2D eigenvalue weighted by Gasteiger charge is -2.21. The second-order valence-corrected chi connectivity index (χ2v) is 5.74. The maximum atomic E-state index is 3.56. The van der Waals surface area contributed by atoms with Crippen LogP contribution in [0.3, 0.4) is 0 Å². The number of thioether (sulfide) groups is 1. The smallest absolute Gasteiger partial charge is 0.0158 e. The van der Waals surface area contributed by atoms with Gasteiger partial charge in [-0.25, -0.2) is 0 Å². The number of hydrogen-bond acceptors (Lipinski definition) is 2. The Kier molecular flexibility index (Phi) is 8.80. The van der Waals surface area contributed by atoms with Crippen molar-refractivity contribution < 1.29 is 0 Å². The lowest BCUT2D eigenvalue weighted by molar-refractivity contribution is 0.529. The van der Waals surface area contributed by atoms with Gasteiger partial charge in [-0.05, 0) is 18.9 Å². The molecule has 0 aliphatic heterocycles. The molecule has 0 saturated heterocycles. The molecule has 0 aliphatic carbocycles. The first-order valence-electron chi connectivity index (χ1n) is 5.96. The quantitative estimate of drug-likeness (QED) is 0.667. The molecule has 0 rings (SSSR count). The fraction of sp³-hybridized carbons (Fsp3) is 1.00. The van der Waals surface area contributed by atoms with Crippen LogP contribution in [0.2, 0.25) is 0 Å². The second kappa shape index (κ2) is 8.60. The number of rotatable bonds is 8.